The molecule has 6 nitrogen and oxygen atoms in total. The van der Waals surface area contributed by atoms with Gasteiger partial charge in [-0.1, -0.05) is 37.3 Å². The molecule has 6 heteroatoms. The van der Waals surface area contributed by atoms with Crippen LogP contribution in [0.25, 0.3) is 5.70 Å². The molecule has 0 spiro atoms. The molecule has 1 saturated heterocycles. The normalized spacial score (nSPS) is 22.8. The number of rotatable bonds is 7. The highest BCUT2D eigenvalue weighted by Crippen LogP contribution is 2.16. The number of quaternary nitrogens is 1. The van der Waals surface area contributed by atoms with E-state index >= 15 is 0 Å². The number of hydrogen-bond acceptors (Lipinski definition) is 3. The van der Waals surface area contributed by atoms with Crippen molar-refractivity contribution in [3.8, 4) is 0 Å². The summed E-state index contributed by atoms with van der Waals surface area (Å²) in [6, 6.07) is 9.83. The van der Waals surface area contributed by atoms with Gasteiger partial charge >= 0.3 is 0 Å². The molecular weight excluding hydrogens is 340 g/mol. The fraction of sp³-hybridized carbons (Fsp3) is 0.524. The van der Waals surface area contributed by atoms with Crippen LogP contribution in [0, 0.1) is 5.92 Å². The molecule has 1 aromatic rings. The summed E-state index contributed by atoms with van der Waals surface area (Å²) < 4.78 is 0. The van der Waals surface area contributed by atoms with Gasteiger partial charge in [0.25, 0.3) is 0 Å². The number of piperidine rings is 1. The number of benzene rings is 1. The zero-order valence-corrected chi connectivity index (χ0v) is 16.2. The first-order valence-electron chi connectivity index (χ1n) is 10.0. The topological polar surface area (TPSA) is 65.9 Å². The zero-order valence-electron chi connectivity index (χ0n) is 16.2. The Morgan fingerprint density at radius 2 is 2.00 bits per heavy atom. The smallest absolute Gasteiger partial charge is 0.245 e. The molecule has 27 heavy (non-hydrogen) atoms. The molecule has 2 amide bonds. The number of hydrazine groups is 1. The second-order valence-electron chi connectivity index (χ2n) is 7.67. The highest BCUT2D eigenvalue weighted by molar-refractivity contribution is 5.88. The minimum Gasteiger partial charge on any atom is -0.354 e. The van der Waals surface area contributed by atoms with Crippen molar-refractivity contribution in [2.24, 2.45) is 5.92 Å². The Morgan fingerprint density at radius 3 is 2.74 bits per heavy atom. The lowest BCUT2D eigenvalue weighted by Gasteiger charge is -2.29. The highest BCUT2D eigenvalue weighted by Gasteiger charge is 2.22. The van der Waals surface area contributed by atoms with Crippen LogP contribution in [0.1, 0.15) is 38.2 Å². The van der Waals surface area contributed by atoms with Gasteiger partial charge in [0.2, 0.25) is 11.8 Å². The standard InChI is InChI=1S/C21H30N4O2/c1-17-10-14-24(15-11-17)13-5-12-22-20(26)16-25-21(27)9-8-19(23-25)18-6-3-2-4-7-18/h2-4,6-8,17,23H,5,9-16H2,1H3,(H,22,26)/p+1. The molecule has 0 aliphatic carbocycles. The van der Waals surface area contributed by atoms with Crippen LogP contribution in [0.15, 0.2) is 36.4 Å². The molecule has 0 unspecified atom stereocenters. The van der Waals surface area contributed by atoms with Gasteiger partial charge in [-0.2, -0.15) is 0 Å². The molecular formula is C21H31N4O2+. The minimum atomic E-state index is -0.118. The third-order valence-corrected chi connectivity index (χ3v) is 5.43. The SMILES string of the molecule is CC1CC[NH+](CCCNC(=O)CN2NC(c3ccccc3)=CCC2=O)CC1. The number of likely N-dealkylation sites (tertiary alicyclic amines) is 1. The molecule has 2 aliphatic rings. The Balaban J connectivity index is 1.38. The summed E-state index contributed by atoms with van der Waals surface area (Å²) in [5.41, 5.74) is 4.95. The zero-order chi connectivity index (χ0) is 19.1. The van der Waals surface area contributed by atoms with E-state index < -0.39 is 0 Å². The molecule has 146 valence electrons. The molecule has 0 radical (unpaired) electrons. The summed E-state index contributed by atoms with van der Waals surface area (Å²) in [7, 11) is 0. The van der Waals surface area contributed by atoms with Crippen LogP contribution in [0.3, 0.4) is 0 Å². The number of hydrogen-bond donors (Lipinski definition) is 3. The molecule has 3 rings (SSSR count). The van der Waals surface area contributed by atoms with Gasteiger partial charge in [0.1, 0.15) is 6.54 Å². The first-order chi connectivity index (χ1) is 13.1. The van der Waals surface area contributed by atoms with E-state index in [1.165, 1.54) is 30.9 Å². The van der Waals surface area contributed by atoms with Crippen LogP contribution < -0.4 is 15.6 Å². The van der Waals surface area contributed by atoms with Gasteiger partial charge in [-0.15, -0.1) is 0 Å². The summed E-state index contributed by atoms with van der Waals surface area (Å²) >= 11 is 0. The maximum absolute atomic E-state index is 12.2. The Morgan fingerprint density at radius 1 is 1.26 bits per heavy atom. The van der Waals surface area contributed by atoms with Gasteiger partial charge < -0.3 is 10.2 Å². The van der Waals surface area contributed by atoms with Gasteiger partial charge in [-0.3, -0.25) is 15.0 Å². The van der Waals surface area contributed by atoms with Gasteiger partial charge in [0, 0.05) is 19.4 Å². The van der Waals surface area contributed by atoms with Crippen molar-refractivity contribution in [3.63, 3.8) is 0 Å². The lowest BCUT2D eigenvalue weighted by Crippen LogP contribution is -3.13. The molecule has 0 aromatic heterocycles. The maximum Gasteiger partial charge on any atom is 0.245 e. The maximum atomic E-state index is 12.2. The molecule has 3 N–H and O–H groups in total. The van der Waals surface area contributed by atoms with Crippen molar-refractivity contribution in [1.82, 2.24) is 15.8 Å². The molecule has 0 saturated carbocycles. The molecule has 1 aromatic carbocycles. The largest absolute Gasteiger partial charge is 0.354 e. The van der Waals surface area contributed by atoms with Crippen molar-refractivity contribution >= 4 is 17.5 Å². The summed E-state index contributed by atoms with van der Waals surface area (Å²) in [4.78, 5) is 26.0. The summed E-state index contributed by atoms with van der Waals surface area (Å²) in [6.07, 6.45) is 5.77. The highest BCUT2D eigenvalue weighted by atomic mass is 16.2. The van der Waals surface area contributed by atoms with Crippen molar-refractivity contribution in [3.05, 3.63) is 42.0 Å². The second-order valence-corrected chi connectivity index (χ2v) is 7.67. The molecule has 0 atom stereocenters. The van der Waals surface area contributed by atoms with E-state index in [1.807, 2.05) is 36.4 Å². The van der Waals surface area contributed by atoms with Gasteiger partial charge in [0.05, 0.1) is 25.3 Å². The van der Waals surface area contributed by atoms with Crippen LogP contribution in [-0.4, -0.2) is 49.5 Å². The third kappa shape index (κ3) is 5.82. The van der Waals surface area contributed by atoms with Crippen LogP contribution in [0.2, 0.25) is 0 Å². The lowest BCUT2D eigenvalue weighted by atomic mass is 9.99. The van der Waals surface area contributed by atoms with E-state index in [0.29, 0.717) is 13.0 Å². The van der Waals surface area contributed by atoms with Gasteiger partial charge in [-0.05, 0) is 30.4 Å². The van der Waals surface area contributed by atoms with Crippen LogP contribution in [0.5, 0.6) is 0 Å². The van der Waals surface area contributed by atoms with Crippen LogP contribution in [-0.2, 0) is 9.59 Å². The van der Waals surface area contributed by atoms with E-state index in [4.69, 9.17) is 0 Å². The Labute approximate surface area is 161 Å². The Hall–Kier alpha value is -2.34. The molecule has 2 heterocycles. The van der Waals surface area contributed by atoms with E-state index in [1.54, 1.807) is 4.90 Å². The average molecular weight is 372 g/mol. The summed E-state index contributed by atoms with van der Waals surface area (Å²) in [5, 5.41) is 4.36. The Kier molecular flexibility index (Phi) is 6.87. The summed E-state index contributed by atoms with van der Waals surface area (Å²) in [6.45, 7) is 6.63. The molecule has 1 fully saturated rings. The van der Waals surface area contributed by atoms with E-state index in [9.17, 15) is 9.59 Å². The number of carbonyl (C=O) groups is 2. The number of amides is 2. The first kappa shape index (κ1) is 19.4. The Bertz CT molecular complexity index is 666. The first-order valence-corrected chi connectivity index (χ1v) is 10.0. The second kappa shape index (κ2) is 9.55. The number of carbonyl (C=O) groups excluding carboxylic acids is 2. The van der Waals surface area contributed by atoms with Crippen molar-refractivity contribution < 1.29 is 14.5 Å². The van der Waals surface area contributed by atoms with E-state index in [2.05, 4.69) is 17.7 Å². The van der Waals surface area contributed by atoms with Crippen molar-refractivity contribution in [2.75, 3.05) is 32.7 Å². The predicted octanol–water partition coefficient (Wildman–Crippen LogP) is 0.586. The van der Waals surface area contributed by atoms with Crippen LogP contribution in [0.4, 0.5) is 0 Å². The lowest BCUT2D eigenvalue weighted by molar-refractivity contribution is -0.906. The van der Waals surface area contributed by atoms with Gasteiger partial charge in [-0.25, -0.2) is 5.01 Å². The molecule has 0 bridgehead atoms. The van der Waals surface area contributed by atoms with Crippen molar-refractivity contribution in [2.45, 2.75) is 32.6 Å². The third-order valence-electron chi connectivity index (χ3n) is 5.43. The van der Waals surface area contributed by atoms with E-state index in [-0.39, 0.29) is 18.4 Å². The number of nitrogens with one attached hydrogen (secondary N) is 3. The predicted molar refractivity (Wildman–Crippen MR) is 105 cm³/mol. The fourth-order valence-electron chi connectivity index (χ4n) is 3.67. The van der Waals surface area contributed by atoms with Crippen LogP contribution >= 0.6 is 0 Å². The molecule has 2 aliphatic heterocycles. The van der Waals surface area contributed by atoms with E-state index in [0.717, 1.165) is 30.1 Å². The minimum absolute atomic E-state index is 0.0388. The van der Waals surface area contributed by atoms with Gasteiger partial charge in [0.15, 0.2) is 0 Å². The number of nitrogens with zero attached hydrogens (tertiary/aromatic N) is 1. The monoisotopic (exact) mass is 371 g/mol. The fourth-order valence-corrected chi connectivity index (χ4v) is 3.67. The van der Waals surface area contributed by atoms with Crippen molar-refractivity contribution in [1.29, 1.82) is 0 Å². The average Bonchev–Trinajstić information content (AvgIpc) is 2.69. The quantitative estimate of drug-likeness (QED) is 0.615. The summed E-state index contributed by atoms with van der Waals surface area (Å²) in [5.74, 6) is 0.655.